The van der Waals surface area contributed by atoms with Crippen LogP contribution in [0.2, 0.25) is 0 Å². The van der Waals surface area contributed by atoms with Crippen LogP contribution >= 0.6 is 0 Å². The van der Waals surface area contributed by atoms with Crippen molar-refractivity contribution in [1.82, 2.24) is 5.73 Å². The van der Waals surface area contributed by atoms with E-state index in [-0.39, 0.29) is 4.90 Å². The standard InChI is InChI=1S/C11H10NO2S/c12-8-15(13,14)11-6-5-9-3-1-2-4-10(9)7-11/h1-7,12H,8H2. The highest BCUT2D eigenvalue weighted by Gasteiger charge is 2.11. The fourth-order valence-electron chi connectivity index (χ4n) is 1.44. The number of fused-ring (bicyclic) bond motifs is 1. The minimum absolute atomic E-state index is 0.219. The molecule has 3 nitrogen and oxygen atoms in total. The molecule has 0 fully saturated rings. The number of hydrogen-bond acceptors (Lipinski definition) is 2. The first-order valence-electron chi connectivity index (χ1n) is 4.50. The molecular weight excluding hydrogens is 210 g/mol. The molecule has 77 valence electrons. The summed E-state index contributed by atoms with van der Waals surface area (Å²) in [5.41, 5.74) is 6.96. The van der Waals surface area contributed by atoms with Crippen molar-refractivity contribution >= 4 is 20.6 Å². The second kappa shape index (κ2) is 3.64. The lowest BCUT2D eigenvalue weighted by atomic mass is 10.1. The van der Waals surface area contributed by atoms with Crippen LogP contribution < -0.4 is 5.73 Å². The Morgan fingerprint density at radius 3 is 2.33 bits per heavy atom. The maximum Gasteiger partial charge on any atom is 0.192 e. The van der Waals surface area contributed by atoms with Crippen LogP contribution in [0.5, 0.6) is 0 Å². The predicted molar refractivity (Wildman–Crippen MR) is 59.1 cm³/mol. The van der Waals surface area contributed by atoms with Crippen LogP contribution in [-0.4, -0.2) is 14.3 Å². The molecule has 2 aromatic carbocycles. The molecule has 0 aromatic heterocycles. The molecule has 0 atom stereocenters. The van der Waals surface area contributed by atoms with Gasteiger partial charge in [-0.15, -0.1) is 0 Å². The van der Waals surface area contributed by atoms with Gasteiger partial charge < -0.3 is 0 Å². The lowest BCUT2D eigenvalue weighted by Gasteiger charge is -2.02. The van der Waals surface area contributed by atoms with Crippen molar-refractivity contribution in [1.29, 1.82) is 0 Å². The zero-order valence-electron chi connectivity index (χ0n) is 7.97. The van der Waals surface area contributed by atoms with Gasteiger partial charge in [0.2, 0.25) is 0 Å². The third-order valence-corrected chi connectivity index (χ3v) is 3.62. The Morgan fingerprint density at radius 1 is 1.00 bits per heavy atom. The van der Waals surface area contributed by atoms with Gasteiger partial charge in [0.05, 0.1) is 4.90 Å². The Morgan fingerprint density at radius 2 is 1.67 bits per heavy atom. The van der Waals surface area contributed by atoms with Crippen molar-refractivity contribution in [3.8, 4) is 0 Å². The molecule has 0 saturated heterocycles. The first kappa shape index (κ1) is 10.1. The van der Waals surface area contributed by atoms with Gasteiger partial charge in [-0.25, -0.2) is 14.2 Å². The van der Waals surface area contributed by atoms with Crippen molar-refractivity contribution in [3.05, 3.63) is 42.5 Å². The summed E-state index contributed by atoms with van der Waals surface area (Å²) in [5, 5.41) is 1.88. The monoisotopic (exact) mass is 220 g/mol. The maximum absolute atomic E-state index is 11.5. The van der Waals surface area contributed by atoms with Gasteiger partial charge in [-0.2, -0.15) is 0 Å². The summed E-state index contributed by atoms with van der Waals surface area (Å²) in [4.78, 5) is 0.219. The van der Waals surface area contributed by atoms with Crippen LogP contribution in [0, 0.1) is 0 Å². The fourth-order valence-corrected chi connectivity index (χ4v) is 2.19. The summed E-state index contributed by atoms with van der Waals surface area (Å²) in [6, 6.07) is 12.5. The average molecular weight is 220 g/mol. The summed E-state index contributed by atoms with van der Waals surface area (Å²) in [6.45, 7) is 0. The quantitative estimate of drug-likeness (QED) is 0.775. The largest absolute Gasteiger partial charge is 0.241 e. The Bertz CT molecular complexity index is 590. The zero-order chi connectivity index (χ0) is 10.9. The molecular formula is C11H10NO2S. The van der Waals surface area contributed by atoms with E-state index in [9.17, 15) is 8.42 Å². The molecule has 0 amide bonds. The van der Waals surface area contributed by atoms with Crippen molar-refractivity contribution in [2.45, 2.75) is 4.90 Å². The molecule has 4 heteroatoms. The van der Waals surface area contributed by atoms with Gasteiger partial charge >= 0.3 is 0 Å². The molecule has 15 heavy (non-hydrogen) atoms. The average Bonchev–Trinajstić information content (AvgIpc) is 2.28. The minimum atomic E-state index is -3.42. The van der Waals surface area contributed by atoms with Gasteiger partial charge in [0.1, 0.15) is 5.88 Å². The van der Waals surface area contributed by atoms with Gasteiger partial charge in [-0.3, -0.25) is 0 Å². The third-order valence-electron chi connectivity index (χ3n) is 2.27. The second-order valence-corrected chi connectivity index (χ2v) is 5.26. The highest BCUT2D eigenvalue weighted by atomic mass is 32.2. The predicted octanol–water partition coefficient (Wildman–Crippen LogP) is 1.85. The normalized spacial score (nSPS) is 11.8. The SMILES string of the molecule is [NH]CS(=O)(=O)c1ccc2ccccc2c1. The van der Waals surface area contributed by atoms with Crippen molar-refractivity contribution in [2.24, 2.45) is 0 Å². The van der Waals surface area contributed by atoms with Crippen LogP contribution in [-0.2, 0) is 9.84 Å². The summed E-state index contributed by atoms with van der Waals surface area (Å²) in [5.74, 6) is -0.606. The summed E-state index contributed by atoms with van der Waals surface area (Å²) in [6.07, 6.45) is 0. The van der Waals surface area contributed by atoms with E-state index in [1.807, 2.05) is 24.3 Å². The van der Waals surface area contributed by atoms with E-state index in [4.69, 9.17) is 5.73 Å². The molecule has 1 N–H and O–H groups in total. The number of sulfone groups is 1. The Labute approximate surface area is 88.4 Å². The van der Waals surface area contributed by atoms with Crippen LogP contribution in [0.3, 0.4) is 0 Å². The van der Waals surface area contributed by atoms with E-state index in [0.29, 0.717) is 0 Å². The van der Waals surface area contributed by atoms with Gasteiger partial charge in [0.25, 0.3) is 0 Å². The molecule has 0 spiro atoms. The molecule has 0 aliphatic rings. The molecule has 0 saturated carbocycles. The van der Waals surface area contributed by atoms with Crippen LogP contribution in [0.25, 0.3) is 10.8 Å². The molecule has 0 aliphatic carbocycles. The molecule has 0 unspecified atom stereocenters. The van der Waals surface area contributed by atoms with Gasteiger partial charge in [-0.05, 0) is 22.9 Å². The zero-order valence-corrected chi connectivity index (χ0v) is 8.79. The highest BCUT2D eigenvalue weighted by Crippen LogP contribution is 2.19. The van der Waals surface area contributed by atoms with E-state index < -0.39 is 15.7 Å². The van der Waals surface area contributed by atoms with Crippen molar-refractivity contribution in [2.75, 3.05) is 5.88 Å². The van der Waals surface area contributed by atoms with Gasteiger partial charge in [0.15, 0.2) is 9.84 Å². The van der Waals surface area contributed by atoms with Gasteiger partial charge in [0, 0.05) is 0 Å². The highest BCUT2D eigenvalue weighted by molar-refractivity contribution is 7.91. The van der Waals surface area contributed by atoms with Crippen LogP contribution in [0.1, 0.15) is 0 Å². The Hall–Kier alpha value is -1.39. The molecule has 2 aromatic rings. The summed E-state index contributed by atoms with van der Waals surface area (Å²) in [7, 11) is -3.42. The number of hydrogen-bond donors (Lipinski definition) is 0. The second-order valence-electron chi connectivity index (χ2n) is 3.27. The molecule has 2 rings (SSSR count). The number of benzene rings is 2. The summed E-state index contributed by atoms with van der Waals surface area (Å²) < 4.78 is 22.9. The minimum Gasteiger partial charge on any atom is -0.241 e. The Balaban J connectivity index is 2.67. The lowest BCUT2D eigenvalue weighted by molar-refractivity contribution is 0.596. The molecule has 1 radical (unpaired) electrons. The van der Waals surface area contributed by atoms with E-state index >= 15 is 0 Å². The van der Waals surface area contributed by atoms with Crippen molar-refractivity contribution < 1.29 is 8.42 Å². The first-order chi connectivity index (χ1) is 7.13. The Kier molecular flexibility index (Phi) is 2.46. The smallest absolute Gasteiger partial charge is 0.192 e. The van der Waals surface area contributed by atoms with Gasteiger partial charge in [-0.1, -0.05) is 30.3 Å². The summed E-state index contributed by atoms with van der Waals surface area (Å²) >= 11 is 0. The van der Waals surface area contributed by atoms with E-state index in [2.05, 4.69) is 0 Å². The lowest BCUT2D eigenvalue weighted by Crippen LogP contribution is -2.06. The topological polar surface area (TPSA) is 57.9 Å². The van der Waals surface area contributed by atoms with E-state index in [0.717, 1.165) is 10.8 Å². The van der Waals surface area contributed by atoms with Crippen LogP contribution in [0.15, 0.2) is 47.4 Å². The van der Waals surface area contributed by atoms with Crippen molar-refractivity contribution in [3.63, 3.8) is 0 Å². The molecule has 0 aliphatic heterocycles. The first-order valence-corrected chi connectivity index (χ1v) is 6.15. The van der Waals surface area contributed by atoms with E-state index in [1.165, 1.54) is 0 Å². The maximum atomic E-state index is 11.5. The van der Waals surface area contributed by atoms with E-state index in [1.54, 1.807) is 18.2 Å². The van der Waals surface area contributed by atoms with Crippen LogP contribution in [0.4, 0.5) is 0 Å². The number of nitrogens with one attached hydrogen (secondary N) is 1. The molecule has 0 heterocycles. The number of rotatable bonds is 2. The molecule has 0 bridgehead atoms. The third kappa shape index (κ3) is 1.86. The fraction of sp³-hybridized carbons (Fsp3) is 0.0909.